The minimum absolute atomic E-state index is 0.195. The van der Waals surface area contributed by atoms with Gasteiger partial charge in [0.25, 0.3) is 0 Å². The molecular weight excluding hydrogens is 328 g/mol. The highest BCUT2D eigenvalue weighted by Gasteiger charge is 2.21. The number of amides is 1. The van der Waals surface area contributed by atoms with Gasteiger partial charge in [-0.1, -0.05) is 30.3 Å². The average molecular weight is 356 g/mol. The summed E-state index contributed by atoms with van der Waals surface area (Å²) in [6.07, 6.45) is -0.0165. The fourth-order valence-corrected chi connectivity index (χ4v) is 3.33. The predicted molar refractivity (Wildman–Crippen MR) is 100 cm³/mol. The molecule has 6 nitrogen and oxygen atoms in total. The number of carbonyl (C=O) groups is 1. The van der Waals surface area contributed by atoms with Crippen molar-refractivity contribution in [2.75, 3.05) is 19.6 Å². The van der Waals surface area contributed by atoms with Crippen molar-refractivity contribution in [3.8, 4) is 0 Å². The van der Waals surface area contributed by atoms with Crippen LogP contribution in [0.5, 0.6) is 0 Å². The van der Waals surface area contributed by atoms with Crippen LogP contribution in [-0.2, 0) is 24.4 Å². The molecule has 0 aliphatic carbocycles. The smallest absolute Gasteiger partial charge is 0.224 e. The van der Waals surface area contributed by atoms with Crippen LogP contribution < -0.4 is 0 Å². The number of nitrogens with zero attached hydrogens (tertiary/aromatic N) is 4. The quantitative estimate of drug-likeness (QED) is 0.826. The molecule has 1 aromatic heterocycles. The molecule has 140 valence electrons. The molecule has 0 radical (unpaired) electrons. The summed E-state index contributed by atoms with van der Waals surface area (Å²) in [7, 11) is 0. The Balaban J connectivity index is 1.52. The topological polar surface area (TPSA) is 61.6 Å². The van der Waals surface area contributed by atoms with E-state index in [9.17, 15) is 9.90 Å². The van der Waals surface area contributed by atoms with Crippen molar-refractivity contribution in [1.29, 1.82) is 0 Å². The second kappa shape index (κ2) is 8.47. The van der Waals surface area contributed by atoms with E-state index in [1.165, 1.54) is 0 Å². The summed E-state index contributed by atoms with van der Waals surface area (Å²) in [5, 5.41) is 14.1. The third kappa shape index (κ3) is 4.51. The van der Waals surface area contributed by atoms with Crippen molar-refractivity contribution < 1.29 is 9.90 Å². The number of aliphatic hydroxyl groups is 1. The van der Waals surface area contributed by atoms with Gasteiger partial charge in [-0.2, -0.15) is 5.10 Å². The zero-order chi connectivity index (χ0) is 18.5. The molecule has 6 heteroatoms. The van der Waals surface area contributed by atoms with Gasteiger partial charge in [-0.3, -0.25) is 14.4 Å². The van der Waals surface area contributed by atoms with E-state index in [1.54, 1.807) is 6.92 Å². The Hall–Kier alpha value is -2.18. The molecule has 3 rings (SSSR count). The summed E-state index contributed by atoms with van der Waals surface area (Å²) in [5.41, 5.74) is 2.99. The lowest BCUT2D eigenvalue weighted by molar-refractivity contribution is -0.132. The third-order valence-electron chi connectivity index (χ3n) is 4.92. The third-order valence-corrected chi connectivity index (χ3v) is 4.92. The van der Waals surface area contributed by atoms with E-state index < -0.39 is 6.10 Å². The molecule has 26 heavy (non-hydrogen) atoms. The van der Waals surface area contributed by atoms with E-state index in [-0.39, 0.29) is 5.91 Å². The highest BCUT2D eigenvalue weighted by molar-refractivity contribution is 5.76. The Kier molecular flexibility index (Phi) is 6.06. The molecule has 2 aromatic rings. The van der Waals surface area contributed by atoms with Crippen LogP contribution >= 0.6 is 0 Å². The fourth-order valence-electron chi connectivity index (χ4n) is 3.33. The molecule has 1 amide bonds. The monoisotopic (exact) mass is 356 g/mol. The molecule has 1 aliphatic heterocycles. The largest absolute Gasteiger partial charge is 0.387 e. The number of aromatic nitrogens is 2. The molecule has 1 N–H and O–H groups in total. The van der Waals surface area contributed by atoms with Crippen LogP contribution in [-0.4, -0.2) is 50.2 Å². The Labute approximate surface area is 155 Å². The molecule has 1 aromatic carbocycles. The number of benzene rings is 1. The van der Waals surface area contributed by atoms with Crippen molar-refractivity contribution in [1.82, 2.24) is 19.6 Å². The standard InChI is InChI=1S/C20H28N4O2/c1-3-23(14-17-7-5-4-6-8-17)20(26)9-10-22-11-12-24-18(15-22)13-19(21-24)16(2)25/h4-8,13,16,25H,3,9-12,14-15H2,1-2H3. The van der Waals surface area contributed by atoms with Crippen molar-refractivity contribution >= 4 is 5.91 Å². The number of hydrogen-bond acceptors (Lipinski definition) is 4. The summed E-state index contributed by atoms with van der Waals surface area (Å²) in [5.74, 6) is 0.195. The molecule has 0 spiro atoms. The highest BCUT2D eigenvalue weighted by atomic mass is 16.3. The molecule has 1 aliphatic rings. The lowest BCUT2D eigenvalue weighted by atomic mass is 10.2. The lowest BCUT2D eigenvalue weighted by Gasteiger charge is -2.28. The maximum atomic E-state index is 12.6. The van der Waals surface area contributed by atoms with Gasteiger partial charge in [-0.05, 0) is 25.5 Å². The fraction of sp³-hybridized carbons (Fsp3) is 0.500. The highest BCUT2D eigenvalue weighted by Crippen LogP contribution is 2.18. The number of aliphatic hydroxyl groups excluding tert-OH is 1. The molecule has 0 saturated carbocycles. The maximum Gasteiger partial charge on any atom is 0.224 e. The first-order chi connectivity index (χ1) is 12.6. The van der Waals surface area contributed by atoms with Gasteiger partial charge < -0.3 is 10.0 Å². The Morgan fingerprint density at radius 1 is 1.31 bits per heavy atom. The van der Waals surface area contributed by atoms with E-state index >= 15 is 0 Å². The summed E-state index contributed by atoms with van der Waals surface area (Å²) >= 11 is 0. The first-order valence-electron chi connectivity index (χ1n) is 9.35. The van der Waals surface area contributed by atoms with Gasteiger partial charge in [-0.15, -0.1) is 0 Å². The summed E-state index contributed by atoms with van der Waals surface area (Å²) in [4.78, 5) is 16.8. The predicted octanol–water partition coefficient (Wildman–Crippen LogP) is 2.19. The van der Waals surface area contributed by atoms with Gasteiger partial charge in [0.15, 0.2) is 0 Å². The second-order valence-electron chi connectivity index (χ2n) is 6.88. The SMILES string of the molecule is CCN(Cc1ccccc1)C(=O)CCN1CCn2nc(C(C)O)cc2C1. The molecule has 1 unspecified atom stereocenters. The van der Waals surface area contributed by atoms with Crippen LogP contribution in [0.1, 0.15) is 43.3 Å². The van der Waals surface area contributed by atoms with Crippen molar-refractivity contribution in [2.24, 2.45) is 0 Å². The second-order valence-corrected chi connectivity index (χ2v) is 6.88. The molecule has 1 atom stereocenters. The summed E-state index contributed by atoms with van der Waals surface area (Å²) < 4.78 is 1.97. The van der Waals surface area contributed by atoms with Gasteiger partial charge in [0.2, 0.25) is 5.91 Å². The lowest BCUT2D eigenvalue weighted by Crippen LogP contribution is -2.38. The number of fused-ring (bicyclic) bond motifs is 1. The van der Waals surface area contributed by atoms with E-state index in [4.69, 9.17) is 0 Å². The Bertz CT molecular complexity index is 727. The van der Waals surface area contributed by atoms with Crippen LogP contribution in [0, 0.1) is 0 Å². The number of carbonyl (C=O) groups excluding carboxylic acids is 1. The van der Waals surface area contributed by atoms with Crippen molar-refractivity contribution in [3.05, 3.63) is 53.3 Å². The summed E-state index contributed by atoms with van der Waals surface area (Å²) in [6, 6.07) is 12.1. The van der Waals surface area contributed by atoms with Crippen LogP contribution in [0.15, 0.2) is 36.4 Å². The van der Waals surface area contributed by atoms with Crippen molar-refractivity contribution in [2.45, 2.75) is 46.0 Å². The number of rotatable bonds is 7. The van der Waals surface area contributed by atoms with Gasteiger partial charge in [0.1, 0.15) is 0 Å². The van der Waals surface area contributed by atoms with Gasteiger partial charge in [0.05, 0.1) is 24.0 Å². The van der Waals surface area contributed by atoms with E-state index in [0.29, 0.717) is 13.0 Å². The van der Waals surface area contributed by atoms with Crippen molar-refractivity contribution in [3.63, 3.8) is 0 Å². The van der Waals surface area contributed by atoms with Crippen LogP contribution in [0.4, 0.5) is 0 Å². The summed E-state index contributed by atoms with van der Waals surface area (Å²) in [6.45, 7) is 8.36. The molecule has 2 heterocycles. The van der Waals surface area contributed by atoms with Gasteiger partial charge >= 0.3 is 0 Å². The van der Waals surface area contributed by atoms with E-state index in [2.05, 4.69) is 22.1 Å². The zero-order valence-corrected chi connectivity index (χ0v) is 15.6. The van der Waals surface area contributed by atoms with E-state index in [1.807, 2.05) is 40.8 Å². The first-order valence-corrected chi connectivity index (χ1v) is 9.35. The van der Waals surface area contributed by atoms with Crippen LogP contribution in [0.25, 0.3) is 0 Å². The minimum Gasteiger partial charge on any atom is -0.387 e. The van der Waals surface area contributed by atoms with Crippen LogP contribution in [0.3, 0.4) is 0 Å². The average Bonchev–Trinajstić information content (AvgIpc) is 3.08. The minimum atomic E-state index is -0.542. The molecular formula is C20H28N4O2. The molecule has 0 fully saturated rings. The zero-order valence-electron chi connectivity index (χ0n) is 15.6. The Morgan fingerprint density at radius 2 is 2.08 bits per heavy atom. The van der Waals surface area contributed by atoms with Crippen LogP contribution in [0.2, 0.25) is 0 Å². The van der Waals surface area contributed by atoms with Gasteiger partial charge in [-0.25, -0.2) is 0 Å². The number of hydrogen-bond donors (Lipinski definition) is 1. The normalized spacial score (nSPS) is 15.5. The van der Waals surface area contributed by atoms with E-state index in [0.717, 1.165) is 49.7 Å². The Morgan fingerprint density at radius 3 is 2.77 bits per heavy atom. The van der Waals surface area contributed by atoms with Gasteiger partial charge in [0, 0.05) is 39.1 Å². The first kappa shape index (κ1) is 18.6. The molecule has 0 saturated heterocycles. The maximum absolute atomic E-state index is 12.6. The molecule has 0 bridgehead atoms.